The first-order valence-corrected chi connectivity index (χ1v) is 6.66. The molecule has 0 unspecified atom stereocenters. The van der Waals surface area contributed by atoms with Crippen LogP contribution in [0.4, 0.5) is 5.69 Å². The molecule has 1 amide bonds. The summed E-state index contributed by atoms with van der Waals surface area (Å²) < 4.78 is 5.29. The van der Waals surface area contributed by atoms with Gasteiger partial charge >= 0.3 is 0 Å². The lowest BCUT2D eigenvalue weighted by Gasteiger charge is -2.06. The van der Waals surface area contributed by atoms with Crippen molar-refractivity contribution in [3.63, 3.8) is 0 Å². The van der Waals surface area contributed by atoms with Gasteiger partial charge in [0.05, 0.1) is 17.6 Å². The molecule has 5 nitrogen and oxygen atoms in total. The van der Waals surface area contributed by atoms with Crippen LogP contribution in [0.1, 0.15) is 21.7 Å². The molecule has 1 heterocycles. The van der Waals surface area contributed by atoms with Crippen LogP contribution in [-0.2, 0) is 5.75 Å². The molecule has 2 rings (SSSR count). The standard InChI is InChI=1S/C13H15N3O2S/c1-8-2-3-12(10(14)6-8)19-7-11-9(4-5-18-11)13(17)16-15/h2-6H,7,14-15H2,1H3,(H,16,17). The number of amides is 1. The van der Waals surface area contributed by atoms with Gasteiger partial charge in [-0.05, 0) is 30.7 Å². The summed E-state index contributed by atoms with van der Waals surface area (Å²) in [6.07, 6.45) is 1.47. The van der Waals surface area contributed by atoms with E-state index in [1.165, 1.54) is 18.0 Å². The zero-order valence-electron chi connectivity index (χ0n) is 10.5. The smallest absolute Gasteiger partial charge is 0.268 e. The van der Waals surface area contributed by atoms with Crippen molar-refractivity contribution < 1.29 is 9.21 Å². The van der Waals surface area contributed by atoms with Crippen molar-refractivity contribution in [2.45, 2.75) is 17.6 Å². The summed E-state index contributed by atoms with van der Waals surface area (Å²) in [5.41, 5.74) is 10.3. The van der Waals surface area contributed by atoms with E-state index in [2.05, 4.69) is 5.43 Å². The van der Waals surface area contributed by atoms with Gasteiger partial charge in [-0.1, -0.05) is 6.07 Å². The lowest BCUT2D eigenvalue weighted by molar-refractivity contribution is 0.0952. The van der Waals surface area contributed by atoms with Crippen LogP contribution in [0, 0.1) is 6.92 Å². The molecular weight excluding hydrogens is 262 g/mol. The van der Waals surface area contributed by atoms with Gasteiger partial charge in [0, 0.05) is 10.6 Å². The summed E-state index contributed by atoms with van der Waals surface area (Å²) in [6, 6.07) is 7.46. The molecule has 5 N–H and O–H groups in total. The Labute approximate surface area is 115 Å². The number of rotatable bonds is 4. The largest absolute Gasteiger partial charge is 0.468 e. The first-order chi connectivity index (χ1) is 9.11. The summed E-state index contributed by atoms with van der Waals surface area (Å²) in [4.78, 5) is 12.4. The fraction of sp³-hybridized carbons (Fsp3) is 0.154. The zero-order valence-corrected chi connectivity index (χ0v) is 11.3. The second-order valence-electron chi connectivity index (χ2n) is 4.06. The first-order valence-electron chi connectivity index (χ1n) is 5.68. The van der Waals surface area contributed by atoms with Crippen LogP contribution in [0.25, 0.3) is 0 Å². The van der Waals surface area contributed by atoms with Gasteiger partial charge in [-0.2, -0.15) is 0 Å². The molecule has 0 aliphatic heterocycles. The predicted octanol–water partition coefficient (Wildman–Crippen LogP) is 2.07. The Morgan fingerprint density at radius 3 is 2.89 bits per heavy atom. The average Bonchev–Trinajstić information content (AvgIpc) is 2.85. The number of carbonyl (C=O) groups is 1. The van der Waals surface area contributed by atoms with Gasteiger partial charge in [0.15, 0.2) is 0 Å². The number of nitrogens with one attached hydrogen (secondary N) is 1. The molecule has 19 heavy (non-hydrogen) atoms. The second-order valence-corrected chi connectivity index (χ2v) is 5.08. The number of aryl methyl sites for hydroxylation is 1. The number of hydrazine groups is 1. The maximum absolute atomic E-state index is 11.5. The third-order valence-electron chi connectivity index (χ3n) is 2.65. The van der Waals surface area contributed by atoms with E-state index in [0.717, 1.165) is 16.1 Å². The predicted molar refractivity (Wildman–Crippen MR) is 75.5 cm³/mol. The van der Waals surface area contributed by atoms with E-state index in [0.29, 0.717) is 17.1 Å². The van der Waals surface area contributed by atoms with Crippen molar-refractivity contribution in [1.29, 1.82) is 0 Å². The van der Waals surface area contributed by atoms with Crippen molar-refractivity contribution in [1.82, 2.24) is 5.43 Å². The van der Waals surface area contributed by atoms with Crippen LogP contribution in [0.2, 0.25) is 0 Å². The van der Waals surface area contributed by atoms with E-state index >= 15 is 0 Å². The van der Waals surface area contributed by atoms with Gasteiger partial charge < -0.3 is 10.2 Å². The summed E-state index contributed by atoms with van der Waals surface area (Å²) in [5.74, 6) is 5.85. The molecule has 0 saturated carbocycles. The first kappa shape index (κ1) is 13.5. The minimum Gasteiger partial charge on any atom is -0.468 e. The molecule has 0 saturated heterocycles. The maximum Gasteiger partial charge on any atom is 0.268 e. The van der Waals surface area contributed by atoms with Crippen LogP contribution in [-0.4, -0.2) is 5.91 Å². The Morgan fingerprint density at radius 2 is 2.21 bits per heavy atom. The fourth-order valence-corrected chi connectivity index (χ4v) is 2.58. The number of hydrogen-bond acceptors (Lipinski definition) is 5. The highest BCUT2D eigenvalue weighted by Crippen LogP contribution is 2.30. The summed E-state index contributed by atoms with van der Waals surface area (Å²) >= 11 is 1.52. The van der Waals surface area contributed by atoms with E-state index in [9.17, 15) is 4.79 Å². The molecular formula is C13H15N3O2S. The van der Waals surface area contributed by atoms with Crippen molar-refractivity contribution in [2.75, 3.05) is 5.73 Å². The van der Waals surface area contributed by atoms with Crippen LogP contribution in [0.5, 0.6) is 0 Å². The van der Waals surface area contributed by atoms with Gasteiger partial charge in [0.1, 0.15) is 5.76 Å². The van der Waals surface area contributed by atoms with Crippen LogP contribution < -0.4 is 17.0 Å². The average molecular weight is 277 g/mol. The molecule has 0 aliphatic rings. The van der Waals surface area contributed by atoms with Gasteiger partial charge in [0.2, 0.25) is 0 Å². The molecule has 0 radical (unpaired) electrons. The number of furan rings is 1. The number of carbonyl (C=O) groups excluding carboxylic acids is 1. The van der Waals surface area contributed by atoms with Gasteiger partial charge in [0.25, 0.3) is 5.91 Å². The topological polar surface area (TPSA) is 94.3 Å². The Balaban J connectivity index is 2.10. The Hall–Kier alpha value is -1.92. The molecule has 0 bridgehead atoms. The van der Waals surface area contributed by atoms with Crippen LogP contribution in [0.3, 0.4) is 0 Å². The van der Waals surface area contributed by atoms with Gasteiger partial charge in [-0.25, -0.2) is 5.84 Å². The van der Waals surface area contributed by atoms with Crippen molar-refractivity contribution in [2.24, 2.45) is 5.84 Å². The van der Waals surface area contributed by atoms with E-state index in [1.54, 1.807) is 6.07 Å². The molecule has 100 valence electrons. The molecule has 1 aromatic carbocycles. The van der Waals surface area contributed by atoms with Crippen molar-refractivity contribution in [3.8, 4) is 0 Å². The van der Waals surface area contributed by atoms with E-state index in [-0.39, 0.29) is 5.91 Å². The van der Waals surface area contributed by atoms with Crippen molar-refractivity contribution in [3.05, 3.63) is 47.4 Å². The Morgan fingerprint density at radius 1 is 1.42 bits per heavy atom. The van der Waals surface area contributed by atoms with Crippen LogP contribution in [0.15, 0.2) is 39.8 Å². The normalized spacial score (nSPS) is 10.4. The fourth-order valence-electron chi connectivity index (χ4n) is 1.68. The number of thioether (sulfide) groups is 1. The third-order valence-corrected chi connectivity index (χ3v) is 3.73. The molecule has 0 fully saturated rings. The zero-order chi connectivity index (χ0) is 13.8. The quantitative estimate of drug-likeness (QED) is 0.261. The van der Waals surface area contributed by atoms with Gasteiger partial charge in [-0.3, -0.25) is 10.2 Å². The number of hydrogen-bond donors (Lipinski definition) is 3. The maximum atomic E-state index is 11.5. The summed E-state index contributed by atoms with van der Waals surface area (Å²) in [7, 11) is 0. The summed E-state index contributed by atoms with van der Waals surface area (Å²) in [5, 5.41) is 0. The van der Waals surface area contributed by atoms with Crippen LogP contribution >= 0.6 is 11.8 Å². The van der Waals surface area contributed by atoms with E-state index < -0.39 is 0 Å². The van der Waals surface area contributed by atoms with E-state index in [4.69, 9.17) is 16.0 Å². The number of nitrogen functional groups attached to an aromatic ring is 2. The lowest BCUT2D eigenvalue weighted by Crippen LogP contribution is -2.30. The number of benzene rings is 1. The molecule has 0 atom stereocenters. The molecule has 0 aliphatic carbocycles. The molecule has 2 aromatic rings. The monoisotopic (exact) mass is 277 g/mol. The highest BCUT2D eigenvalue weighted by molar-refractivity contribution is 7.98. The number of nitrogens with two attached hydrogens (primary N) is 2. The van der Waals surface area contributed by atoms with E-state index in [1.807, 2.05) is 25.1 Å². The Bertz CT molecular complexity index is 595. The van der Waals surface area contributed by atoms with Crippen molar-refractivity contribution >= 4 is 23.4 Å². The SMILES string of the molecule is Cc1ccc(SCc2occc2C(=O)NN)c(N)c1. The highest BCUT2D eigenvalue weighted by Gasteiger charge is 2.14. The highest BCUT2D eigenvalue weighted by atomic mass is 32.2. The van der Waals surface area contributed by atoms with Gasteiger partial charge in [-0.15, -0.1) is 11.8 Å². The minimum atomic E-state index is -0.360. The molecule has 6 heteroatoms. The number of anilines is 1. The Kier molecular flexibility index (Phi) is 4.13. The summed E-state index contributed by atoms with van der Waals surface area (Å²) in [6.45, 7) is 1.99. The lowest BCUT2D eigenvalue weighted by atomic mass is 10.2. The molecule has 0 spiro atoms. The molecule has 1 aromatic heterocycles. The second kappa shape index (κ2) is 5.81. The third kappa shape index (κ3) is 3.10. The minimum absolute atomic E-state index is 0.360.